The summed E-state index contributed by atoms with van der Waals surface area (Å²) in [6.07, 6.45) is 3.52. The molecule has 4 rings (SSSR count). The molecule has 154 valence electrons. The number of nitriles is 1. The van der Waals surface area contributed by atoms with E-state index in [9.17, 15) is 4.79 Å². The molecule has 6 nitrogen and oxygen atoms in total. The first-order chi connectivity index (χ1) is 15.1. The molecule has 0 saturated heterocycles. The Balaban J connectivity index is 1.32. The van der Waals surface area contributed by atoms with E-state index in [0.29, 0.717) is 17.7 Å². The number of nitrogens with zero attached hydrogens (tertiary/aromatic N) is 3. The number of aryl methyl sites for hydroxylation is 2. The number of thiazole rings is 1. The summed E-state index contributed by atoms with van der Waals surface area (Å²) in [6, 6.07) is 18.8. The molecule has 0 fully saturated rings. The van der Waals surface area contributed by atoms with Crippen LogP contribution in [0.2, 0.25) is 0 Å². The van der Waals surface area contributed by atoms with Crippen LogP contribution < -0.4 is 10.1 Å². The second kappa shape index (κ2) is 9.37. The minimum Gasteiger partial charge on any atom is -0.438 e. The fourth-order valence-corrected chi connectivity index (χ4v) is 4.16. The van der Waals surface area contributed by atoms with Gasteiger partial charge in [-0.05, 0) is 67.8 Å². The molecule has 0 aliphatic rings. The number of hydrogen-bond acceptors (Lipinski definition) is 6. The van der Waals surface area contributed by atoms with Gasteiger partial charge in [0.25, 0.3) is 0 Å². The number of fused-ring (bicyclic) bond motifs is 1. The van der Waals surface area contributed by atoms with Crippen LogP contribution >= 0.6 is 11.3 Å². The van der Waals surface area contributed by atoms with E-state index >= 15 is 0 Å². The quantitative estimate of drug-likeness (QED) is 0.412. The molecule has 0 radical (unpaired) electrons. The highest BCUT2D eigenvalue weighted by Gasteiger charge is 2.10. The molecule has 4 aromatic rings. The van der Waals surface area contributed by atoms with E-state index in [1.165, 1.54) is 4.70 Å². The first-order valence-electron chi connectivity index (χ1n) is 9.90. The lowest BCUT2D eigenvalue weighted by atomic mass is 10.1. The van der Waals surface area contributed by atoms with Crippen LogP contribution in [0.1, 0.15) is 29.0 Å². The number of benzene rings is 2. The van der Waals surface area contributed by atoms with Crippen molar-refractivity contribution in [1.29, 1.82) is 5.26 Å². The van der Waals surface area contributed by atoms with E-state index in [0.717, 1.165) is 34.6 Å². The summed E-state index contributed by atoms with van der Waals surface area (Å²) in [7, 11) is 0. The lowest BCUT2D eigenvalue weighted by Gasteiger charge is -2.11. The Kier molecular flexibility index (Phi) is 6.20. The molecule has 7 heteroatoms. The molecule has 1 amide bonds. The van der Waals surface area contributed by atoms with E-state index in [4.69, 9.17) is 10.00 Å². The Hall–Kier alpha value is -3.76. The molecule has 0 aliphatic carbocycles. The maximum Gasteiger partial charge on any atom is 0.237 e. The third-order valence-corrected chi connectivity index (χ3v) is 5.81. The molecule has 2 heterocycles. The zero-order chi connectivity index (χ0) is 21.6. The topological polar surface area (TPSA) is 87.9 Å². The fraction of sp³-hybridized carbons (Fsp3) is 0.167. The average molecular weight is 429 g/mol. The maximum absolute atomic E-state index is 12.4. The number of amides is 1. The molecular weight excluding hydrogens is 408 g/mol. The van der Waals surface area contributed by atoms with Crippen LogP contribution in [0.15, 0.2) is 60.8 Å². The summed E-state index contributed by atoms with van der Waals surface area (Å²) in [4.78, 5) is 21.1. The van der Waals surface area contributed by atoms with Gasteiger partial charge in [-0.25, -0.2) is 9.97 Å². The second-order valence-corrected chi connectivity index (χ2v) is 8.14. The van der Waals surface area contributed by atoms with Gasteiger partial charge in [-0.15, -0.1) is 11.3 Å². The Morgan fingerprint density at radius 2 is 2.06 bits per heavy atom. The summed E-state index contributed by atoms with van der Waals surface area (Å²) in [5, 5.41) is 13.2. The van der Waals surface area contributed by atoms with Crippen LogP contribution in [0, 0.1) is 18.3 Å². The van der Waals surface area contributed by atoms with Crippen LogP contribution in [0.5, 0.6) is 11.6 Å². The highest BCUT2D eigenvalue weighted by atomic mass is 32.1. The normalized spacial score (nSPS) is 10.6. The summed E-state index contributed by atoms with van der Waals surface area (Å²) < 4.78 is 6.90. The molecule has 2 aromatic heterocycles. The van der Waals surface area contributed by atoms with Gasteiger partial charge in [-0.2, -0.15) is 5.26 Å². The molecule has 2 aromatic carbocycles. The molecule has 0 aliphatic heterocycles. The smallest absolute Gasteiger partial charge is 0.237 e. The van der Waals surface area contributed by atoms with Crippen LogP contribution in [-0.4, -0.2) is 15.9 Å². The summed E-state index contributed by atoms with van der Waals surface area (Å²) in [5.41, 5.74) is 2.98. The average Bonchev–Trinajstić information content (AvgIpc) is 3.19. The molecule has 31 heavy (non-hydrogen) atoms. The standard InChI is InChI=1S/C24H20N4O2S/c1-16-14-18(30-24-17(15-25)6-5-13-26-24)11-12-19(16)27-22(29)9-4-10-23-28-20-7-2-3-8-21(20)31-23/h2-3,5-8,11-14H,4,9-10H2,1H3,(H,27,29). The van der Waals surface area contributed by atoms with E-state index in [2.05, 4.69) is 27.4 Å². The number of pyridine rings is 1. The van der Waals surface area contributed by atoms with E-state index in [1.54, 1.807) is 41.8 Å². The SMILES string of the molecule is Cc1cc(Oc2ncccc2C#N)ccc1NC(=O)CCCc1nc2ccccc2s1. The Morgan fingerprint density at radius 3 is 2.87 bits per heavy atom. The van der Waals surface area contributed by atoms with E-state index in [-0.39, 0.29) is 11.8 Å². The van der Waals surface area contributed by atoms with Gasteiger partial charge >= 0.3 is 0 Å². The summed E-state index contributed by atoms with van der Waals surface area (Å²) in [6.45, 7) is 1.90. The number of ether oxygens (including phenoxy) is 1. The number of aromatic nitrogens is 2. The van der Waals surface area contributed by atoms with Gasteiger partial charge in [0, 0.05) is 18.3 Å². The van der Waals surface area contributed by atoms with E-state index in [1.807, 2.05) is 31.2 Å². The zero-order valence-corrected chi connectivity index (χ0v) is 17.8. The van der Waals surface area contributed by atoms with Crippen molar-refractivity contribution in [3.8, 4) is 17.7 Å². The van der Waals surface area contributed by atoms with Crippen molar-refractivity contribution in [2.24, 2.45) is 0 Å². The molecule has 0 atom stereocenters. The van der Waals surface area contributed by atoms with Gasteiger partial charge in [-0.1, -0.05) is 12.1 Å². The number of hydrogen-bond donors (Lipinski definition) is 1. The third-order valence-electron chi connectivity index (χ3n) is 4.71. The van der Waals surface area contributed by atoms with Crippen LogP contribution in [0.25, 0.3) is 10.2 Å². The third kappa shape index (κ3) is 5.05. The van der Waals surface area contributed by atoms with Crippen molar-refractivity contribution < 1.29 is 9.53 Å². The van der Waals surface area contributed by atoms with Crippen molar-refractivity contribution in [3.63, 3.8) is 0 Å². The van der Waals surface area contributed by atoms with Crippen molar-refractivity contribution in [3.05, 3.63) is 76.9 Å². The van der Waals surface area contributed by atoms with Crippen molar-refractivity contribution >= 4 is 33.1 Å². The molecular formula is C24H20N4O2S. The number of nitrogens with one attached hydrogen (secondary N) is 1. The van der Waals surface area contributed by atoms with Crippen LogP contribution in [0.3, 0.4) is 0 Å². The predicted octanol–water partition coefficient (Wildman–Crippen LogP) is 5.63. The van der Waals surface area contributed by atoms with Gasteiger partial charge < -0.3 is 10.1 Å². The van der Waals surface area contributed by atoms with Crippen molar-refractivity contribution in [2.75, 3.05) is 5.32 Å². The fourth-order valence-electron chi connectivity index (χ4n) is 3.15. The van der Waals surface area contributed by atoms with Gasteiger partial charge in [0.05, 0.1) is 15.2 Å². The van der Waals surface area contributed by atoms with E-state index < -0.39 is 0 Å². The largest absolute Gasteiger partial charge is 0.438 e. The van der Waals surface area contributed by atoms with Crippen LogP contribution in [-0.2, 0) is 11.2 Å². The summed E-state index contributed by atoms with van der Waals surface area (Å²) in [5.74, 6) is 0.784. The van der Waals surface area contributed by atoms with Gasteiger partial charge in [-0.3, -0.25) is 4.79 Å². The molecule has 0 unspecified atom stereocenters. The Morgan fingerprint density at radius 1 is 1.19 bits per heavy atom. The number of anilines is 1. The zero-order valence-electron chi connectivity index (χ0n) is 17.0. The predicted molar refractivity (Wildman–Crippen MR) is 121 cm³/mol. The molecule has 1 N–H and O–H groups in total. The lowest BCUT2D eigenvalue weighted by Crippen LogP contribution is -2.12. The Labute approximate surface area is 184 Å². The van der Waals surface area contributed by atoms with Crippen molar-refractivity contribution in [1.82, 2.24) is 9.97 Å². The number of carbonyl (C=O) groups excluding carboxylic acids is 1. The molecule has 0 spiro atoms. The second-order valence-electron chi connectivity index (χ2n) is 7.02. The van der Waals surface area contributed by atoms with Gasteiger partial charge in [0.15, 0.2) is 0 Å². The van der Waals surface area contributed by atoms with Gasteiger partial charge in [0.2, 0.25) is 11.8 Å². The number of rotatable bonds is 7. The van der Waals surface area contributed by atoms with Crippen molar-refractivity contribution in [2.45, 2.75) is 26.2 Å². The Bertz CT molecular complexity index is 1240. The summed E-state index contributed by atoms with van der Waals surface area (Å²) >= 11 is 1.68. The molecule has 0 saturated carbocycles. The monoisotopic (exact) mass is 428 g/mol. The first-order valence-corrected chi connectivity index (χ1v) is 10.7. The minimum atomic E-state index is -0.0330. The number of carbonyl (C=O) groups is 1. The van der Waals surface area contributed by atoms with Crippen LogP contribution in [0.4, 0.5) is 5.69 Å². The molecule has 0 bridgehead atoms. The first kappa shape index (κ1) is 20.5. The highest BCUT2D eigenvalue weighted by molar-refractivity contribution is 7.18. The lowest BCUT2D eigenvalue weighted by molar-refractivity contribution is -0.116. The minimum absolute atomic E-state index is 0.0330. The maximum atomic E-state index is 12.4. The number of para-hydroxylation sites is 1. The van der Waals surface area contributed by atoms with Gasteiger partial charge in [0.1, 0.15) is 17.4 Å². The highest BCUT2D eigenvalue weighted by Crippen LogP contribution is 2.27.